The maximum atomic E-state index is 13.2. The van der Waals surface area contributed by atoms with Gasteiger partial charge < -0.3 is 19.7 Å². The minimum atomic E-state index is -0.655. The van der Waals surface area contributed by atoms with Gasteiger partial charge in [0.25, 0.3) is 5.91 Å². The van der Waals surface area contributed by atoms with Gasteiger partial charge in [-0.3, -0.25) is 9.59 Å². The summed E-state index contributed by atoms with van der Waals surface area (Å²) >= 11 is 3.55. The average molecular weight is 519 g/mol. The van der Waals surface area contributed by atoms with Crippen LogP contribution in [0.1, 0.15) is 52.7 Å². The highest BCUT2D eigenvalue weighted by molar-refractivity contribution is 9.10. The van der Waals surface area contributed by atoms with Gasteiger partial charge in [-0.2, -0.15) is 0 Å². The third-order valence-corrected chi connectivity index (χ3v) is 5.88. The van der Waals surface area contributed by atoms with Crippen LogP contribution in [0.3, 0.4) is 0 Å². The molecular formula is C26H35BrN2O4. The number of carbonyl (C=O) groups is 2. The Labute approximate surface area is 205 Å². The molecule has 2 rings (SSSR count). The van der Waals surface area contributed by atoms with E-state index in [2.05, 4.69) is 42.0 Å². The van der Waals surface area contributed by atoms with Gasteiger partial charge in [-0.15, -0.1) is 0 Å². The molecule has 0 aliphatic carbocycles. The van der Waals surface area contributed by atoms with Crippen molar-refractivity contribution in [3.05, 3.63) is 58.1 Å². The van der Waals surface area contributed by atoms with Crippen LogP contribution in [-0.2, 0) is 21.5 Å². The summed E-state index contributed by atoms with van der Waals surface area (Å²) in [6, 6.07) is 12.6. The summed E-state index contributed by atoms with van der Waals surface area (Å²) in [5, 5.41) is 2.88. The number of nitrogens with zero attached hydrogens (tertiary/aromatic N) is 1. The van der Waals surface area contributed by atoms with Crippen molar-refractivity contribution in [2.75, 3.05) is 13.7 Å². The molecule has 180 valence electrons. The summed E-state index contributed by atoms with van der Waals surface area (Å²) in [5.41, 5.74) is 2.06. The monoisotopic (exact) mass is 518 g/mol. The van der Waals surface area contributed by atoms with Crippen molar-refractivity contribution >= 4 is 27.7 Å². The smallest absolute Gasteiger partial charge is 0.261 e. The van der Waals surface area contributed by atoms with E-state index >= 15 is 0 Å². The third kappa shape index (κ3) is 7.77. The van der Waals surface area contributed by atoms with E-state index in [0.29, 0.717) is 5.75 Å². The summed E-state index contributed by atoms with van der Waals surface area (Å²) in [6.07, 6.45) is 0. The van der Waals surface area contributed by atoms with E-state index in [1.807, 2.05) is 56.3 Å². The van der Waals surface area contributed by atoms with Crippen LogP contribution in [0.2, 0.25) is 0 Å². The SMILES string of the molecule is COc1ccc(CN(C(=O)COc2ccc(C(C)(C)C)cc2Br)[C@@H](C)C(=O)NC(C)C)cc1. The summed E-state index contributed by atoms with van der Waals surface area (Å²) in [7, 11) is 1.60. The highest BCUT2D eigenvalue weighted by Crippen LogP contribution is 2.31. The lowest BCUT2D eigenvalue weighted by molar-refractivity contribution is -0.142. The molecule has 0 aliphatic rings. The van der Waals surface area contributed by atoms with Gasteiger partial charge in [-0.05, 0) is 77.5 Å². The lowest BCUT2D eigenvalue weighted by Crippen LogP contribution is -2.50. The fraction of sp³-hybridized carbons (Fsp3) is 0.462. The van der Waals surface area contributed by atoms with Crippen LogP contribution in [0.4, 0.5) is 0 Å². The first-order valence-corrected chi connectivity index (χ1v) is 11.9. The predicted octanol–water partition coefficient (Wildman–Crippen LogP) is 5.08. The van der Waals surface area contributed by atoms with Gasteiger partial charge in [-0.1, -0.05) is 39.0 Å². The first kappa shape index (κ1) is 26.7. The van der Waals surface area contributed by atoms with E-state index in [-0.39, 0.29) is 36.4 Å². The van der Waals surface area contributed by atoms with E-state index in [4.69, 9.17) is 9.47 Å². The Morgan fingerprint density at radius 1 is 1.06 bits per heavy atom. The Morgan fingerprint density at radius 2 is 1.70 bits per heavy atom. The van der Waals surface area contributed by atoms with Crippen molar-refractivity contribution in [3.8, 4) is 11.5 Å². The first-order chi connectivity index (χ1) is 15.4. The molecule has 0 heterocycles. The van der Waals surface area contributed by atoms with Gasteiger partial charge in [0.05, 0.1) is 11.6 Å². The zero-order chi connectivity index (χ0) is 24.8. The average Bonchev–Trinajstić information content (AvgIpc) is 2.75. The molecule has 6 nitrogen and oxygen atoms in total. The summed E-state index contributed by atoms with van der Waals surface area (Å²) < 4.78 is 11.8. The van der Waals surface area contributed by atoms with Crippen molar-refractivity contribution in [1.29, 1.82) is 0 Å². The predicted molar refractivity (Wildman–Crippen MR) is 135 cm³/mol. The van der Waals surface area contributed by atoms with Crippen molar-refractivity contribution in [3.63, 3.8) is 0 Å². The maximum Gasteiger partial charge on any atom is 0.261 e. The van der Waals surface area contributed by atoms with Gasteiger partial charge in [0.2, 0.25) is 5.91 Å². The van der Waals surface area contributed by atoms with Crippen LogP contribution in [0.15, 0.2) is 46.9 Å². The Bertz CT molecular complexity index is 952. The molecule has 0 radical (unpaired) electrons. The topological polar surface area (TPSA) is 67.9 Å². The highest BCUT2D eigenvalue weighted by atomic mass is 79.9. The van der Waals surface area contributed by atoms with Gasteiger partial charge in [0, 0.05) is 12.6 Å². The van der Waals surface area contributed by atoms with Crippen LogP contribution >= 0.6 is 15.9 Å². The minimum Gasteiger partial charge on any atom is -0.497 e. The van der Waals surface area contributed by atoms with E-state index in [0.717, 1.165) is 21.3 Å². The van der Waals surface area contributed by atoms with E-state index in [1.54, 1.807) is 14.0 Å². The quantitative estimate of drug-likeness (QED) is 0.502. The maximum absolute atomic E-state index is 13.2. The molecule has 2 aromatic carbocycles. The second kappa shape index (κ2) is 11.5. The van der Waals surface area contributed by atoms with Crippen LogP contribution in [0.25, 0.3) is 0 Å². The molecule has 0 fully saturated rings. The van der Waals surface area contributed by atoms with E-state index in [1.165, 1.54) is 4.90 Å². The fourth-order valence-corrected chi connectivity index (χ4v) is 3.72. The fourth-order valence-electron chi connectivity index (χ4n) is 3.22. The largest absolute Gasteiger partial charge is 0.497 e. The van der Waals surface area contributed by atoms with Crippen molar-refractivity contribution in [1.82, 2.24) is 10.2 Å². The van der Waals surface area contributed by atoms with Crippen LogP contribution in [0, 0.1) is 0 Å². The van der Waals surface area contributed by atoms with Gasteiger partial charge >= 0.3 is 0 Å². The Morgan fingerprint density at radius 3 is 2.21 bits per heavy atom. The second-order valence-corrected chi connectivity index (χ2v) is 10.2. The number of ether oxygens (including phenoxy) is 2. The number of hydrogen-bond donors (Lipinski definition) is 1. The van der Waals surface area contributed by atoms with Crippen molar-refractivity contribution in [2.45, 2.75) is 65.6 Å². The minimum absolute atomic E-state index is 0.00520. The van der Waals surface area contributed by atoms with Gasteiger partial charge in [0.15, 0.2) is 6.61 Å². The highest BCUT2D eigenvalue weighted by Gasteiger charge is 2.27. The Balaban J connectivity index is 2.19. The second-order valence-electron chi connectivity index (χ2n) is 9.39. The summed E-state index contributed by atoms with van der Waals surface area (Å²) in [6.45, 7) is 12.0. The Hall–Kier alpha value is -2.54. The van der Waals surface area contributed by atoms with Gasteiger partial charge in [-0.25, -0.2) is 0 Å². The molecule has 33 heavy (non-hydrogen) atoms. The number of halogens is 1. The zero-order valence-corrected chi connectivity index (χ0v) is 22.2. The Kier molecular flexibility index (Phi) is 9.35. The third-order valence-electron chi connectivity index (χ3n) is 5.26. The number of benzene rings is 2. The number of hydrogen-bond acceptors (Lipinski definition) is 4. The van der Waals surface area contributed by atoms with E-state index < -0.39 is 6.04 Å². The molecule has 7 heteroatoms. The molecule has 1 atom stereocenters. The standard InChI is InChI=1S/C26H35BrN2O4/c1-17(2)28-25(31)18(3)29(15-19-8-11-21(32-7)12-9-19)24(30)16-33-23-13-10-20(14-22(23)27)26(4,5)6/h8-14,17-18H,15-16H2,1-7H3,(H,28,31)/t18-/m0/s1. The van der Waals surface area contributed by atoms with Crippen LogP contribution < -0.4 is 14.8 Å². The summed E-state index contributed by atoms with van der Waals surface area (Å²) in [5.74, 6) is 0.834. The molecular weight excluding hydrogens is 484 g/mol. The number of rotatable bonds is 9. The zero-order valence-electron chi connectivity index (χ0n) is 20.6. The molecule has 0 saturated heterocycles. The summed E-state index contributed by atoms with van der Waals surface area (Å²) in [4.78, 5) is 27.4. The molecule has 0 saturated carbocycles. The molecule has 2 amide bonds. The molecule has 1 N–H and O–H groups in total. The molecule has 0 unspecified atom stereocenters. The molecule has 0 aromatic heterocycles. The molecule has 2 aromatic rings. The van der Waals surface area contributed by atoms with Crippen LogP contribution in [0.5, 0.6) is 11.5 Å². The van der Waals surface area contributed by atoms with Crippen molar-refractivity contribution in [2.24, 2.45) is 0 Å². The number of carbonyl (C=O) groups excluding carboxylic acids is 2. The van der Waals surface area contributed by atoms with Crippen molar-refractivity contribution < 1.29 is 19.1 Å². The lowest BCUT2D eigenvalue weighted by Gasteiger charge is -2.29. The molecule has 0 aliphatic heterocycles. The number of nitrogens with one attached hydrogen (secondary N) is 1. The van der Waals surface area contributed by atoms with Crippen LogP contribution in [-0.4, -0.2) is 42.5 Å². The normalized spacial score (nSPS) is 12.3. The first-order valence-electron chi connectivity index (χ1n) is 11.1. The number of amides is 2. The van der Waals surface area contributed by atoms with E-state index in [9.17, 15) is 9.59 Å². The van der Waals surface area contributed by atoms with Gasteiger partial charge in [0.1, 0.15) is 17.5 Å². The number of methoxy groups -OCH3 is 1. The molecule has 0 bridgehead atoms. The lowest BCUT2D eigenvalue weighted by atomic mass is 9.87. The molecule has 0 spiro atoms.